The Morgan fingerprint density at radius 1 is 1.28 bits per heavy atom. The van der Waals surface area contributed by atoms with Crippen LogP contribution in [-0.4, -0.2) is 31.5 Å². The molecule has 2 fully saturated rings. The van der Waals surface area contributed by atoms with Crippen LogP contribution >= 0.6 is 15.9 Å². The average Bonchev–Trinajstić information content (AvgIpc) is 2.76. The third kappa shape index (κ3) is 2.46. The molecule has 0 aromatic heterocycles. The van der Waals surface area contributed by atoms with E-state index in [4.69, 9.17) is 9.16 Å². The molecule has 0 amide bonds. The Morgan fingerprint density at radius 3 is 2.44 bits per heavy atom. The number of hydrogen-bond donors (Lipinski definition) is 0. The van der Waals surface area contributed by atoms with Gasteiger partial charge < -0.3 is 9.16 Å². The van der Waals surface area contributed by atoms with E-state index in [9.17, 15) is 0 Å². The first kappa shape index (κ1) is 15.0. The van der Waals surface area contributed by atoms with E-state index in [2.05, 4.69) is 49.8 Å². The van der Waals surface area contributed by atoms with E-state index in [-0.39, 0.29) is 10.6 Å². The topological polar surface area (TPSA) is 18.5 Å². The van der Waals surface area contributed by atoms with Gasteiger partial charge in [0, 0.05) is 11.4 Å². The molecule has 0 aromatic carbocycles. The Hall–Kier alpha value is 0.617. The Kier molecular flexibility index (Phi) is 4.06. The maximum Gasteiger partial charge on any atom is 0.192 e. The van der Waals surface area contributed by atoms with Crippen molar-refractivity contribution in [2.45, 2.75) is 81.1 Å². The first-order valence-electron chi connectivity index (χ1n) is 7.15. The third-order valence-electron chi connectivity index (χ3n) is 5.09. The summed E-state index contributed by atoms with van der Waals surface area (Å²) in [6.07, 6.45) is 4.97. The normalized spacial score (nSPS) is 37.7. The van der Waals surface area contributed by atoms with Gasteiger partial charge >= 0.3 is 0 Å². The molecule has 2 aliphatic rings. The van der Waals surface area contributed by atoms with Crippen molar-refractivity contribution >= 4 is 24.2 Å². The van der Waals surface area contributed by atoms with Crippen LogP contribution in [0.1, 0.15) is 46.5 Å². The quantitative estimate of drug-likeness (QED) is 0.547. The van der Waals surface area contributed by atoms with Gasteiger partial charge in [0.25, 0.3) is 0 Å². The molecule has 1 aliphatic carbocycles. The zero-order valence-electron chi connectivity index (χ0n) is 12.4. The molecule has 2 nitrogen and oxygen atoms in total. The first-order valence-corrected chi connectivity index (χ1v) is 11.0. The maximum absolute atomic E-state index is 6.66. The van der Waals surface area contributed by atoms with Gasteiger partial charge in [-0.25, -0.2) is 0 Å². The van der Waals surface area contributed by atoms with E-state index in [0.717, 1.165) is 25.9 Å². The van der Waals surface area contributed by atoms with E-state index >= 15 is 0 Å². The van der Waals surface area contributed by atoms with Crippen LogP contribution in [0.2, 0.25) is 18.1 Å². The summed E-state index contributed by atoms with van der Waals surface area (Å²) in [4.78, 5) is 0.474. The predicted octanol–water partition coefficient (Wildman–Crippen LogP) is 4.48. The van der Waals surface area contributed by atoms with Crippen LogP contribution in [0.3, 0.4) is 0 Å². The second kappa shape index (κ2) is 4.87. The molecule has 106 valence electrons. The predicted molar refractivity (Wildman–Crippen MR) is 81.9 cm³/mol. The molecule has 4 heteroatoms. The van der Waals surface area contributed by atoms with Gasteiger partial charge in [-0.05, 0) is 43.8 Å². The minimum atomic E-state index is -1.69. The SMILES string of the molecule is CC(C)(C)[Si](C)(C)O[C@@H]1CCC[C@@]12OCC[C@@H]2Br. The smallest absolute Gasteiger partial charge is 0.192 e. The number of ether oxygens (including phenoxy) is 1. The van der Waals surface area contributed by atoms with Crippen LogP contribution < -0.4 is 0 Å². The van der Waals surface area contributed by atoms with Crippen molar-refractivity contribution in [1.29, 1.82) is 0 Å². The molecule has 0 bridgehead atoms. The number of hydrogen-bond acceptors (Lipinski definition) is 2. The molecule has 1 saturated carbocycles. The molecule has 0 unspecified atom stereocenters. The van der Waals surface area contributed by atoms with Gasteiger partial charge in [-0.2, -0.15) is 0 Å². The fourth-order valence-corrected chi connectivity index (χ4v) is 5.10. The minimum Gasteiger partial charge on any atom is -0.411 e. The van der Waals surface area contributed by atoms with Gasteiger partial charge in [-0.15, -0.1) is 0 Å². The first-order chi connectivity index (χ1) is 8.19. The van der Waals surface area contributed by atoms with E-state index in [0.29, 0.717) is 10.9 Å². The highest BCUT2D eigenvalue weighted by Crippen LogP contribution is 2.49. The Labute approximate surface area is 121 Å². The molecule has 1 heterocycles. The standard InChI is InChI=1S/C14H27BrO2Si/c1-13(2,3)18(4,5)17-12-7-6-9-14(12)11(15)8-10-16-14/h11-12H,6-10H2,1-5H3/t11-,12+,14-/m0/s1. The zero-order valence-corrected chi connectivity index (χ0v) is 15.0. The minimum absolute atomic E-state index is 0.0322. The van der Waals surface area contributed by atoms with Crippen molar-refractivity contribution in [3.63, 3.8) is 0 Å². The highest BCUT2D eigenvalue weighted by atomic mass is 79.9. The van der Waals surface area contributed by atoms with Crippen molar-refractivity contribution < 1.29 is 9.16 Å². The summed E-state index contributed by atoms with van der Waals surface area (Å²) in [6.45, 7) is 12.5. The average molecular weight is 335 g/mol. The Bertz CT molecular complexity index is 309. The molecule has 1 saturated heterocycles. The van der Waals surface area contributed by atoms with Crippen LogP contribution in [0.5, 0.6) is 0 Å². The monoisotopic (exact) mass is 334 g/mol. The van der Waals surface area contributed by atoms with Crippen molar-refractivity contribution in [3.8, 4) is 0 Å². The largest absolute Gasteiger partial charge is 0.411 e. The molecule has 0 N–H and O–H groups in total. The second-order valence-corrected chi connectivity index (χ2v) is 13.2. The Morgan fingerprint density at radius 2 is 1.94 bits per heavy atom. The lowest BCUT2D eigenvalue weighted by atomic mass is 9.96. The molecule has 3 atom stereocenters. The zero-order chi connectivity index (χ0) is 13.6. The lowest BCUT2D eigenvalue weighted by molar-refractivity contribution is -0.0609. The summed E-state index contributed by atoms with van der Waals surface area (Å²) in [5.41, 5.74) is -0.0322. The van der Waals surface area contributed by atoms with Gasteiger partial charge in [-0.3, -0.25) is 0 Å². The summed E-state index contributed by atoms with van der Waals surface area (Å²) in [5, 5.41) is 0.275. The van der Waals surface area contributed by atoms with Crippen LogP contribution in [0.4, 0.5) is 0 Å². The molecule has 2 rings (SSSR count). The van der Waals surface area contributed by atoms with E-state index in [1.807, 2.05) is 0 Å². The summed E-state index contributed by atoms with van der Waals surface area (Å²) in [7, 11) is -1.69. The van der Waals surface area contributed by atoms with Crippen molar-refractivity contribution in [2.24, 2.45) is 0 Å². The summed E-state index contributed by atoms with van der Waals surface area (Å²) in [6, 6.07) is 0. The second-order valence-electron chi connectivity index (χ2n) is 7.32. The molecule has 18 heavy (non-hydrogen) atoms. The van der Waals surface area contributed by atoms with E-state index in [1.54, 1.807) is 0 Å². The molecular formula is C14H27BrO2Si. The lowest BCUT2D eigenvalue weighted by Gasteiger charge is -2.43. The number of halogens is 1. The molecule has 0 aromatic rings. The molecule has 1 aliphatic heterocycles. The maximum atomic E-state index is 6.66. The van der Waals surface area contributed by atoms with Crippen molar-refractivity contribution in [3.05, 3.63) is 0 Å². The van der Waals surface area contributed by atoms with E-state index in [1.165, 1.54) is 6.42 Å². The molecule has 0 radical (unpaired) electrons. The van der Waals surface area contributed by atoms with E-state index < -0.39 is 8.32 Å². The van der Waals surface area contributed by atoms with Crippen LogP contribution in [0.15, 0.2) is 0 Å². The Balaban J connectivity index is 2.14. The summed E-state index contributed by atoms with van der Waals surface area (Å²) < 4.78 is 12.8. The third-order valence-corrected chi connectivity index (χ3v) is 10.8. The van der Waals surface area contributed by atoms with Crippen LogP contribution in [0.25, 0.3) is 0 Å². The van der Waals surface area contributed by atoms with Gasteiger partial charge in [0.05, 0.1) is 6.10 Å². The van der Waals surface area contributed by atoms with Crippen molar-refractivity contribution in [1.82, 2.24) is 0 Å². The lowest BCUT2D eigenvalue weighted by Crippen LogP contribution is -2.52. The fourth-order valence-electron chi connectivity index (χ4n) is 2.87. The van der Waals surface area contributed by atoms with Gasteiger partial charge in [-0.1, -0.05) is 36.7 Å². The number of alkyl halides is 1. The fraction of sp³-hybridized carbons (Fsp3) is 1.00. The highest BCUT2D eigenvalue weighted by Gasteiger charge is 2.55. The summed E-state index contributed by atoms with van der Waals surface area (Å²) in [5.74, 6) is 0. The molecular weight excluding hydrogens is 308 g/mol. The highest BCUT2D eigenvalue weighted by molar-refractivity contribution is 9.09. The van der Waals surface area contributed by atoms with Gasteiger partial charge in [0.15, 0.2) is 8.32 Å². The molecule has 1 spiro atoms. The van der Waals surface area contributed by atoms with Gasteiger partial charge in [0.2, 0.25) is 0 Å². The van der Waals surface area contributed by atoms with Crippen molar-refractivity contribution in [2.75, 3.05) is 6.61 Å². The number of rotatable bonds is 2. The summed E-state index contributed by atoms with van der Waals surface area (Å²) >= 11 is 3.83. The van der Waals surface area contributed by atoms with Crippen LogP contribution in [-0.2, 0) is 9.16 Å². The van der Waals surface area contributed by atoms with Gasteiger partial charge in [0.1, 0.15) is 5.60 Å². The van der Waals surface area contributed by atoms with Crippen LogP contribution in [0, 0.1) is 0 Å².